The Bertz CT molecular complexity index is 299. The number of halogens is 1. The maximum atomic E-state index is 10.5. The molecule has 0 radical (unpaired) electrons. The molecule has 0 atom stereocenters. The number of hydrogen-bond donors (Lipinski definition) is 1. The van der Waals surface area contributed by atoms with Crippen LogP contribution in [0.3, 0.4) is 0 Å². The molecule has 0 spiro atoms. The number of primary amides is 1. The molecule has 1 aromatic carbocycles. The second kappa shape index (κ2) is 5.02. The van der Waals surface area contributed by atoms with E-state index in [0.717, 1.165) is 17.3 Å². The minimum Gasteiger partial charge on any atom is -0.370 e. The van der Waals surface area contributed by atoms with Crippen molar-refractivity contribution in [3.05, 3.63) is 34.3 Å². The molecule has 13 heavy (non-hydrogen) atoms. The molecule has 3 heteroatoms. The maximum Gasteiger partial charge on any atom is 0.217 e. The van der Waals surface area contributed by atoms with Crippen LogP contribution in [0.2, 0.25) is 0 Å². The number of amides is 1. The molecular weight excluding hydrogens is 230 g/mol. The number of nitrogens with two attached hydrogens (primary N) is 1. The standard InChI is InChI=1S/C10H12BrNO/c11-9-6-2-1-4-8(9)5-3-7-10(12)13/h1-2,4,6H,3,5,7H2,(H2,12,13). The molecule has 70 valence electrons. The van der Waals surface area contributed by atoms with E-state index in [1.807, 2.05) is 24.3 Å². The molecule has 0 saturated heterocycles. The van der Waals surface area contributed by atoms with Crippen LogP contribution in [0.5, 0.6) is 0 Å². The average Bonchev–Trinajstić information content (AvgIpc) is 2.08. The van der Waals surface area contributed by atoms with E-state index in [0.29, 0.717) is 6.42 Å². The highest BCUT2D eigenvalue weighted by Gasteiger charge is 1.99. The Morgan fingerprint density at radius 1 is 1.38 bits per heavy atom. The third-order valence-electron chi connectivity index (χ3n) is 1.83. The Morgan fingerprint density at radius 2 is 2.08 bits per heavy atom. The highest BCUT2D eigenvalue weighted by Crippen LogP contribution is 2.17. The fraction of sp³-hybridized carbons (Fsp3) is 0.300. The number of hydrogen-bond acceptors (Lipinski definition) is 1. The molecule has 1 amide bonds. The highest BCUT2D eigenvalue weighted by molar-refractivity contribution is 9.10. The number of benzene rings is 1. The number of carbonyl (C=O) groups excluding carboxylic acids is 1. The van der Waals surface area contributed by atoms with Gasteiger partial charge >= 0.3 is 0 Å². The van der Waals surface area contributed by atoms with E-state index in [-0.39, 0.29) is 5.91 Å². The summed E-state index contributed by atoms with van der Waals surface area (Å²) in [6.07, 6.45) is 2.17. The minimum absolute atomic E-state index is 0.230. The SMILES string of the molecule is NC(=O)CCCc1ccccc1Br. The zero-order chi connectivity index (χ0) is 9.68. The van der Waals surface area contributed by atoms with Gasteiger partial charge in [0.05, 0.1) is 0 Å². The van der Waals surface area contributed by atoms with Crippen LogP contribution >= 0.6 is 15.9 Å². The van der Waals surface area contributed by atoms with Gasteiger partial charge in [0.2, 0.25) is 5.91 Å². The van der Waals surface area contributed by atoms with Crippen LogP contribution in [-0.2, 0) is 11.2 Å². The van der Waals surface area contributed by atoms with Crippen LogP contribution in [0.25, 0.3) is 0 Å². The molecule has 2 nitrogen and oxygen atoms in total. The van der Waals surface area contributed by atoms with E-state index in [1.54, 1.807) is 0 Å². The molecule has 0 unspecified atom stereocenters. The summed E-state index contributed by atoms with van der Waals surface area (Å²) in [5, 5.41) is 0. The largest absolute Gasteiger partial charge is 0.370 e. The van der Waals surface area contributed by atoms with Gasteiger partial charge < -0.3 is 5.73 Å². The molecule has 0 bridgehead atoms. The van der Waals surface area contributed by atoms with Crippen molar-refractivity contribution in [3.63, 3.8) is 0 Å². The summed E-state index contributed by atoms with van der Waals surface area (Å²) in [5.74, 6) is -0.230. The normalized spacial score (nSPS) is 9.92. The molecule has 0 aliphatic carbocycles. The smallest absolute Gasteiger partial charge is 0.217 e. The monoisotopic (exact) mass is 241 g/mol. The minimum atomic E-state index is -0.230. The van der Waals surface area contributed by atoms with Crippen LogP contribution < -0.4 is 5.73 Å². The van der Waals surface area contributed by atoms with Crippen molar-refractivity contribution in [1.29, 1.82) is 0 Å². The number of aryl methyl sites for hydroxylation is 1. The van der Waals surface area contributed by atoms with Crippen LogP contribution in [0.15, 0.2) is 28.7 Å². The molecule has 0 saturated carbocycles. The molecule has 0 fully saturated rings. The van der Waals surface area contributed by atoms with Gasteiger partial charge in [0.1, 0.15) is 0 Å². The lowest BCUT2D eigenvalue weighted by molar-refractivity contribution is -0.118. The molecule has 0 aliphatic rings. The lowest BCUT2D eigenvalue weighted by Crippen LogP contribution is -2.10. The van der Waals surface area contributed by atoms with Crippen molar-refractivity contribution in [1.82, 2.24) is 0 Å². The first kappa shape index (κ1) is 10.3. The molecule has 1 rings (SSSR count). The first-order valence-corrected chi connectivity index (χ1v) is 5.01. The van der Waals surface area contributed by atoms with Crippen molar-refractivity contribution < 1.29 is 4.79 Å². The Labute approximate surface area is 86.3 Å². The molecule has 0 aliphatic heterocycles. The quantitative estimate of drug-likeness (QED) is 0.864. The molecular formula is C10H12BrNO. The summed E-state index contributed by atoms with van der Waals surface area (Å²) in [5.41, 5.74) is 6.27. The van der Waals surface area contributed by atoms with Crippen molar-refractivity contribution in [2.45, 2.75) is 19.3 Å². The summed E-state index contributed by atoms with van der Waals surface area (Å²) in [6.45, 7) is 0. The van der Waals surface area contributed by atoms with Gasteiger partial charge in [0, 0.05) is 10.9 Å². The highest BCUT2D eigenvalue weighted by atomic mass is 79.9. The fourth-order valence-corrected chi connectivity index (χ4v) is 1.64. The second-order valence-electron chi connectivity index (χ2n) is 2.91. The van der Waals surface area contributed by atoms with E-state index in [9.17, 15) is 4.79 Å². The van der Waals surface area contributed by atoms with Crippen LogP contribution in [-0.4, -0.2) is 5.91 Å². The third kappa shape index (κ3) is 3.59. The van der Waals surface area contributed by atoms with Crippen molar-refractivity contribution in [3.8, 4) is 0 Å². The maximum absolute atomic E-state index is 10.5. The summed E-state index contributed by atoms with van der Waals surface area (Å²) in [4.78, 5) is 10.5. The predicted octanol–water partition coefficient (Wildman–Crippen LogP) is 2.26. The van der Waals surface area contributed by atoms with Crippen molar-refractivity contribution >= 4 is 21.8 Å². The Hall–Kier alpha value is -0.830. The van der Waals surface area contributed by atoms with Gasteiger partial charge in [0.15, 0.2) is 0 Å². The second-order valence-corrected chi connectivity index (χ2v) is 3.77. The van der Waals surface area contributed by atoms with Gasteiger partial charge in [-0.1, -0.05) is 34.1 Å². The van der Waals surface area contributed by atoms with E-state index in [1.165, 1.54) is 5.56 Å². The number of rotatable bonds is 4. The van der Waals surface area contributed by atoms with Gasteiger partial charge in [0.25, 0.3) is 0 Å². The van der Waals surface area contributed by atoms with Gasteiger partial charge in [-0.05, 0) is 24.5 Å². The average molecular weight is 242 g/mol. The van der Waals surface area contributed by atoms with Gasteiger partial charge in [-0.15, -0.1) is 0 Å². The topological polar surface area (TPSA) is 43.1 Å². The van der Waals surface area contributed by atoms with Crippen LogP contribution in [0.4, 0.5) is 0 Å². The molecule has 0 aromatic heterocycles. The first-order valence-electron chi connectivity index (χ1n) is 4.22. The van der Waals surface area contributed by atoms with E-state index in [4.69, 9.17) is 5.73 Å². The van der Waals surface area contributed by atoms with Gasteiger partial charge in [-0.2, -0.15) is 0 Å². The summed E-state index contributed by atoms with van der Waals surface area (Å²) >= 11 is 3.45. The molecule has 2 N–H and O–H groups in total. The summed E-state index contributed by atoms with van der Waals surface area (Å²) in [6, 6.07) is 8.01. The third-order valence-corrected chi connectivity index (χ3v) is 2.60. The lowest BCUT2D eigenvalue weighted by Gasteiger charge is -2.02. The first-order chi connectivity index (χ1) is 6.20. The predicted molar refractivity (Wildman–Crippen MR) is 56.3 cm³/mol. The Balaban J connectivity index is 2.45. The van der Waals surface area contributed by atoms with E-state index < -0.39 is 0 Å². The lowest BCUT2D eigenvalue weighted by atomic mass is 10.1. The zero-order valence-electron chi connectivity index (χ0n) is 7.29. The van der Waals surface area contributed by atoms with Crippen molar-refractivity contribution in [2.75, 3.05) is 0 Å². The summed E-state index contributed by atoms with van der Waals surface area (Å²) in [7, 11) is 0. The van der Waals surface area contributed by atoms with E-state index in [2.05, 4.69) is 15.9 Å². The fourth-order valence-electron chi connectivity index (χ4n) is 1.15. The molecule has 1 aromatic rings. The number of carbonyl (C=O) groups is 1. The summed E-state index contributed by atoms with van der Waals surface area (Å²) < 4.78 is 1.10. The van der Waals surface area contributed by atoms with Gasteiger partial charge in [-0.3, -0.25) is 4.79 Å². The van der Waals surface area contributed by atoms with Gasteiger partial charge in [-0.25, -0.2) is 0 Å². The van der Waals surface area contributed by atoms with Crippen LogP contribution in [0, 0.1) is 0 Å². The van der Waals surface area contributed by atoms with Crippen LogP contribution in [0.1, 0.15) is 18.4 Å². The Kier molecular flexibility index (Phi) is 3.96. The van der Waals surface area contributed by atoms with E-state index >= 15 is 0 Å². The zero-order valence-corrected chi connectivity index (χ0v) is 8.88. The molecule has 0 heterocycles. The Morgan fingerprint density at radius 3 is 2.69 bits per heavy atom. The van der Waals surface area contributed by atoms with Crippen molar-refractivity contribution in [2.24, 2.45) is 5.73 Å².